The van der Waals surface area contributed by atoms with Crippen molar-refractivity contribution in [2.45, 2.75) is 30.9 Å². The number of hydrogen-bond acceptors (Lipinski definition) is 5. The van der Waals surface area contributed by atoms with Gasteiger partial charge in [-0.05, 0) is 37.3 Å². The molecule has 5 nitrogen and oxygen atoms in total. The molecule has 3 aromatic rings. The zero-order chi connectivity index (χ0) is 17.8. The number of nitrogens with zero attached hydrogens (tertiary/aromatic N) is 2. The first-order valence-corrected chi connectivity index (χ1v) is 8.88. The summed E-state index contributed by atoms with van der Waals surface area (Å²) in [6.45, 7) is 6.24. The van der Waals surface area contributed by atoms with E-state index in [4.69, 9.17) is 4.42 Å². The molecule has 0 saturated carbocycles. The lowest BCUT2D eigenvalue weighted by Gasteiger charge is -2.06. The number of carbonyl (C=O) groups is 1. The van der Waals surface area contributed by atoms with Crippen LogP contribution in [0.25, 0.3) is 11.5 Å². The van der Waals surface area contributed by atoms with Crippen molar-refractivity contribution in [3.63, 3.8) is 0 Å². The zero-order valence-electron chi connectivity index (χ0n) is 14.3. The van der Waals surface area contributed by atoms with Crippen LogP contribution < -0.4 is 5.32 Å². The molecule has 0 aliphatic carbocycles. The minimum absolute atomic E-state index is 0.0856. The molecule has 1 N–H and O–H groups in total. The molecule has 128 valence electrons. The molecule has 1 aromatic heterocycles. The van der Waals surface area contributed by atoms with Gasteiger partial charge in [0, 0.05) is 21.3 Å². The Labute approximate surface area is 150 Å². The summed E-state index contributed by atoms with van der Waals surface area (Å²) in [4.78, 5) is 13.4. The van der Waals surface area contributed by atoms with E-state index in [9.17, 15) is 4.79 Å². The maximum absolute atomic E-state index is 12.4. The van der Waals surface area contributed by atoms with Gasteiger partial charge in [0.1, 0.15) is 0 Å². The highest BCUT2D eigenvalue weighted by Crippen LogP contribution is 2.24. The van der Waals surface area contributed by atoms with Gasteiger partial charge in [-0.15, -0.1) is 16.9 Å². The van der Waals surface area contributed by atoms with Crippen molar-refractivity contribution < 1.29 is 9.21 Å². The van der Waals surface area contributed by atoms with E-state index < -0.39 is 0 Å². The summed E-state index contributed by atoms with van der Waals surface area (Å²) in [6.07, 6.45) is 0. The van der Waals surface area contributed by atoms with Crippen LogP contribution in [0.4, 0.5) is 6.01 Å². The molecule has 2 aromatic carbocycles. The molecular weight excluding hydrogens is 334 g/mol. The topological polar surface area (TPSA) is 68.0 Å². The largest absolute Gasteiger partial charge is 0.403 e. The second-order valence-corrected chi connectivity index (χ2v) is 7.58. The Morgan fingerprint density at radius 3 is 2.60 bits per heavy atom. The average molecular weight is 353 g/mol. The lowest BCUT2D eigenvalue weighted by molar-refractivity contribution is 0.102. The molecule has 6 heteroatoms. The number of aromatic nitrogens is 2. The number of carbonyl (C=O) groups excluding carboxylic acids is 1. The third-order valence-electron chi connectivity index (χ3n) is 3.41. The van der Waals surface area contributed by atoms with Gasteiger partial charge in [0.2, 0.25) is 5.89 Å². The summed E-state index contributed by atoms with van der Waals surface area (Å²) in [6, 6.07) is 15.3. The van der Waals surface area contributed by atoms with Crippen LogP contribution >= 0.6 is 11.8 Å². The average Bonchev–Trinajstić information content (AvgIpc) is 3.03. The summed E-state index contributed by atoms with van der Waals surface area (Å²) < 4.78 is 5.54. The van der Waals surface area contributed by atoms with Gasteiger partial charge in [-0.25, -0.2) is 0 Å². The van der Waals surface area contributed by atoms with Gasteiger partial charge in [-0.3, -0.25) is 10.1 Å². The lowest BCUT2D eigenvalue weighted by Crippen LogP contribution is -2.12. The molecule has 1 heterocycles. The molecule has 0 bridgehead atoms. The van der Waals surface area contributed by atoms with Crippen molar-refractivity contribution in [3.05, 3.63) is 59.7 Å². The smallest absolute Gasteiger partial charge is 0.322 e. The van der Waals surface area contributed by atoms with Crippen molar-refractivity contribution in [2.75, 3.05) is 5.32 Å². The highest BCUT2D eigenvalue weighted by Gasteiger charge is 2.13. The number of hydrogen-bond donors (Lipinski definition) is 1. The second kappa shape index (κ2) is 7.53. The van der Waals surface area contributed by atoms with E-state index >= 15 is 0 Å². The Kier molecular flexibility index (Phi) is 5.19. The van der Waals surface area contributed by atoms with Crippen LogP contribution in [0, 0.1) is 6.92 Å². The van der Waals surface area contributed by atoms with E-state index in [-0.39, 0.29) is 11.9 Å². The first-order valence-electron chi connectivity index (χ1n) is 8.00. The first-order chi connectivity index (χ1) is 12.0. The summed E-state index contributed by atoms with van der Waals surface area (Å²) >= 11 is 1.71. The SMILES string of the molecule is Cc1ccc(-c2nnc(NC(=O)c3cccc(SC(C)C)c3)o2)cc1. The molecule has 1 amide bonds. The highest BCUT2D eigenvalue weighted by molar-refractivity contribution is 7.99. The molecule has 0 aliphatic rings. The maximum atomic E-state index is 12.4. The molecule has 0 saturated heterocycles. The highest BCUT2D eigenvalue weighted by atomic mass is 32.2. The molecule has 0 spiro atoms. The normalized spacial score (nSPS) is 10.9. The van der Waals surface area contributed by atoms with Crippen molar-refractivity contribution in [1.29, 1.82) is 0 Å². The van der Waals surface area contributed by atoms with Crippen LogP contribution in [-0.2, 0) is 0 Å². The van der Waals surface area contributed by atoms with E-state index in [0.717, 1.165) is 16.0 Å². The number of thioether (sulfide) groups is 1. The van der Waals surface area contributed by atoms with E-state index in [0.29, 0.717) is 16.7 Å². The Bertz CT molecular complexity index is 872. The van der Waals surface area contributed by atoms with Gasteiger partial charge >= 0.3 is 6.01 Å². The third kappa shape index (κ3) is 4.48. The number of anilines is 1. The predicted octanol–water partition coefficient (Wildman–Crippen LogP) is 4.80. The number of aryl methyl sites for hydroxylation is 1. The minimum Gasteiger partial charge on any atom is -0.403 e. The fourth-order valence-electron chi connectivity index (χ4n) is 2.24. The predicted molar refractivity (Wildman–Crippen MR) is 99.9 cm³/mol. The molecule has 3 rings (SSSR count). The van der Waals surface area contributed by atoms with Gasteiger partial charge in [0.15, 0.2) is 0 Å². The van der Waals surface area contributed by atoms with Crippen LogP contribution in [-0.4, -0.2) is 21.4 Å². The number of rotatable bonds is 5. The van der Waals surface area contributed by atoms with Crippen LogP contribution in [0.2, 0.25) is 0 Å². The minimum atomic E-state index is -0.273. The maximum Gasteiger partial charge on any atom is 0.322 e. The quantitative estimate of drug-likeness (QED) is 0.667. The van der Waals surface area contributed by atoms with Crippen molar-refractivity contribution in [2.24, 2.45) is 0 Å². The van der Waals surface area contributed by atoms with Crippen LogP contribution in [0.1, 0.15) is 29.8 Å². The van der Waals surface area contributed by atoms with Gasteiger partial charge in [-0.1, -0.05) is 42.7 Å². The molecule has 0 fully saturated rings. The second-order valence-electron chi connectivity index (χ2n) is 5.93. The number of benzene rings is 2. The van der Waals surface area contributed by atoms with E-state index in [1.54, 1.807) is 17.8 Å². The Morgan fingerprint density at radius 2 is 1.88 bits per heavy atom. The molecule has 0 atom stereocenters. The summed E-state index contributed by atoms with van der Waals surface area (Å²) in [5.74, 6) is 0.102. The fourth-order valence-corrected chi connectivity index (χ4v) is 3.14. The fraction of sp³-hybridized carbons (Fsp3) is 0.211. The van der Waals surface area contributed by atoms with Crippen molar-refractivity contribution in [3.8, 4) is 11.5 Å². The van der Waals surface area contributed by atoms with E-state index in [2.05, 4.69) is 29.4 Å². The van der Waals surface area contributed by atoms with Crippen molar-refractivity contribution >= 4 is 23.7 Å². The summed E-state index contributed by atoms with van der Waals surface area (Å²) in [5.41, 5.74) is 2.52. The molecular formula is C19H19N3O2S. The monoisotopic (exact) mass is 353 g/mol. The standard InChI is InChI=1S/C19H19N3O2S/c1-12(2)25-16-6-4-5-15(11-16)17(23)20-19-22-21-18(24-19)14-9-7-13(3)8-10-14/h4-12H,1-3H3,(H,20,22,23). The van der Waals surface area contributed by atoms with Crippen LogP contribution in [0.5, 0.6) is 0 Å². The number of amides is 1. The van der Waals surface area contributed by atoms with Crippen LogP contribution in [0.3, 0.4) is 0 Å². The van der Waals surface area contributed by atoms with Crippen molar-refractivity contribution in [1.82, 2.24) is 10.2 Å². The van der Waals surface area contributed by atoms with Gasteiger partial charge < -0.3 is 4.42 Å². The van der Waals surface area contributed by atoms with E-state index in [1.165, 1.54) is 0 Å². The zero-order valence-corrected chi connectivity index (χ0v) is 15.1. The summed E-state index contributed by atoms with van der Waals surface area (Å²) in [7, 11) is 0. The third-order valence-corrected chi connectivity index (χ3v) is 4.41. The van der Waals surface area contributed by atoms with Gasteiger partial charge in [-0.2, -0.15) is 0 Å². The Hall–Kier alpha value is -2.60. The Balaban J connectivity index is 1.72. The lowest BCUT2D eigenvalue weighted by atomic mass is 10.1. The first kappa shape index (κ1) is 17.2. The molecule has 0 radical (unpaired) electrons. The van der Waals surface area contributed by atoms with Crippen LogP contribution in [0.15, 0.2) is 57.8 Å². The van der Waals surface area contributed by atoms with Gasteiger partial charge in [0.25, 0.3) is 5.91 Å². The molecule has 0 unspecified atom stereocenters. The number of nitrogens with one attached hydrogen (secondary N) is 1. The van der Waals surface area contributed by atoms with E-state index in [1.807, 2.05) is 49.4 Å². The van der Waals surface area contributed by atoms with Gasteiger partial charge in [0.05, 0.1) is 0 Å². The summed E-state index contributed by atoms with van der Waals surface area (Å²) in [5, 5.41) is 11.0. The Morgan fingerprint density at radius 1 is 1.12 bits per heavy atom. The molecule has 25 heavy (non-hydrogen) atoms. The molecule has 0 aliphatic heterocycles.